The summed E-state index contributed by atoms with van der Waals surface area (Å²) in [6, 6.07) is -0.293. The second-order valence-electron chi connectivity index (χ2n) is 4.45. The lowest BCUT2D eigenvalue weighted by molar-refractivity contribution is -0.0276. The Kier molecular flexibility index (Phi) is 3.00. The zero-order chi connectivity index (χ0) is 13.4. The first-order chi connectivity index (χ1) is 9.22. The Balaban J connectivity index is 1.91. The van der Waals surface area contributed by atoms with E-state index in [2.05, 4.69) is 21.8 Å². The number of urea groups is 1. The van der Waals surface area contributed by atoms with Crippen LogP contribution in [0.2, 0.25) is 0 Å². The molecule has 100 valence electrons. The molecule has 0 saturated carbocycles. The number of nitrogens with zero attached hydrogens (tertiary/aromatic N) is 3. The zero-order valence-corrected chi connectivity index (χ0v) is 11.2. The Bertz CT molecular complexity index is 552. The minimum atomic E-state index is -0.289. The van der Waals surface area contributed by atoms with Crippen molar-refractivity contribution in [3.8, 4) is 6.19 Å². The number of ether oxygens (including phenoxy) is 1. The molecule has 3 heterocycles. The van der Waals surface area contributed by atoms with Crippen LogP contribution in [0.5, 0.6) is 0 Å². The lowest BCUT2D eigenvalue weighted by Gasteiger charge is -2.41. The molecule has 1 fully saturated rings. The molecule has 3 rings (SSSR count). The van der Waals surface area contributed by atoms with Crippen LogP contribution in [0, 0.1) is 11.5 Å². The van der Waals surface area contributed by atoms with Gasteiger partial charge in [0.15, 0.2) is 11.3 Å². The van der Waals surface area contributed by atoms with E-state index in [1.165, 1.54) is 11.3 Å². The summed E-state index contributed by atoms with van der Waals surface area (Å²) in [5.41, 5.74) is 0.973. The molecule has 0 aliphatic carbocycles. The van der Waals surface area contributed by atoms with Gasteiger partial charge in [0.25, 0.3) is 0 Å². The summed E-state index contributed by atoms with van der Waals surface area (Å²) >= 11 is 1.41. The van der Waals surface area contributed by atoms with Crippen molar-refractivity contribution in [2.75, 3.05) is 25.6 Å². The van der Waals surface area contributed by atoms with Gasteiger partial charge < -0.3 is 10.1 Å². The Morgan fingerprint density at radius 1 is 1.63 bits per heavy atom. The molecule has 8 heteroatoms. The highest BCUT2D eigenvalue weighted by Crippen LogP contribution is 2.40. The number of thiazole rings is 1. The molecule has 2 aliphatic rings. The van der Waals surface area contributed by atoms with Crippen LogP contribution in [-0.2, 0) is 11.2 Å². The lowest BCUT2D eigenvalue weighted by atomic mass is 9.97. The summed E-state index contributed by atoms with van der Waals surface area (Å²) in [6.07, 6.45) is 2.93. The quantitative estimate of drug-likeness (QED) is 0.738. The van der Waals surface area contributed by atoms with Crippen LogP contribution in [0.3, 0.4) is 0 Å². The van der Waals surface area contributed by atoms with Gasteiger partial charge in [0.05, 0.1) is 35.9 Å². The maximum atomic E-state index is 11.3. The molecule has 0 aromatic carbocycles. The maximum Gasteiger partial charge on any atom is 0.320 e. The number of fused-ring (bicyclic) bond motifs is 4. The number of nitriles is 1. The van der Waals surface area contributed by atoms with Crippen LogP contribution in [0.4, 0.5) is 9.93 Å². The van der Waals surface area contributed by atoms with Gasteiger partial charge in [-0.15, -0.1) is 0 Å². The average Bonchev–Trinajstić information content (AvgIpc) is 2.80. The second-order valence-corrected chi connectivity index (χ2v) is 5.48. The lowest BCUT2D eigenvalue weighted by Crippen LogP contribution is -2.48. The van der Waals surface area contributed by atoms with E-state index in [9.17, 15) is 10.1 Å². The number of amides is 2. The topological polar surface area (TPSA) is 90.3 Å². The van der Waals surface area contributed by atoms with Gasteiger partial charge in [0.2, 0.25) is 0 Å². The van der Waals surface area contributed by atoms with E-state index in [0.29, 0.717) is 24.8 Å². The van der Waals surface area contributed by atoms with Crippen molar-refractivity contribution < 1.29 is 9.53 Å². The van der Waals surface area contributed by atoms with Crippen molar-refractivity contribution in [3.63, 3.8) is 0 Å². The number of hydrogen-bond acceptors (Lipinski definition) is 6. The number of morpholine rings is 1. The molecule has 0 spiro atoms. The molecule has 2 bridgehead atoms. The summed E-state index contributed by atoms with van der Waals surface area (Å²) in [7, 11) is 1.56. The molecule has 2 amide bonds. The van der Waals surface area contributed by atoms with Crippen LogP contribution < -0.4 is 10.6 Å². The van der Waals surface area contributed by atoms with Gasteiger partial charge in [0, 0.05) is 13.5 Å². The van der Waals surface area contributed by atoms with Gasteiger partial charge >= 0.3 is 6.03 Å². The van der Waals surface area contributed by atoms with E-state index in [1.807, 2.05) is 0 Å². The molecule has 2 aliphatic heterocycles. The van der Waals surface area contributed by atoms with Crippen molar-refractivity contribution >= 4 is 22.5 Å². The SMILES string of the molecule is CNC(=O)Nc1nc2c(s1)[C@@H]1COC[C@H](C2)N1C#N. The van der Waals surface area contributed by atoms with Crippen LogP contribution in [0.15, 0.2) is 0 Å². The normalized spacial score (nSPS) is 24.3. The number of aromatic nitrogens is 1. The molecule has 0 unspecified atom stereocenters. The third-order valence-electron chi connectivity index (χ3n) is 3.34. The third kappa shape index (κ3) is 2.01. The van der Waals surface area contributed by atoms with Crippen molar-refractivity contribution in [1.29, 1.82) is 5.26 Å². The number of nitrogens with one attached hydrogen (secondary N) is 2. The van der Waals surface area contributed by atoms with Crippen molar-refractivity contribution in [1.82, 2.24) is 15.2 Å². The second kappa shape index (κ2) is 4.68. The van der Waals surface area contributed by atoms with Crippen LogP contribution in [0.1, 0.15) is 16.6 Å². The Morgan fingerprint density at radius 2 is 2.47 bits per heavy atom. The molecule has 0 radical (unpaired) electrons. The number of hydrogen-bond donors (Lipinski definition) is 2. The summed E-state index contributed by atoms with van der Waals surface area (Å²) in [5.74, 6) is 0. The average molecular weight is 279 g/mol. The highest BCUT2D eigenvalue weighted by Gasteiger charge is 2.40. The largest absolute Gasteiger partial charge is 0.377 e. The first-order valence-electron chi connectivity index (χ1n) is 5.97. The summed E-state index contributed by atoms with van der Waals surface area (Å²) < 4.78 is 5.52. The van der Waals surface area contributed by atoms with Crippen molar-refractivity contribution in [2.24, 2.45) is 0 Å². The molecular formula is C11H13N5O2S. The summed E-state index contributed by atoms with van der Waals surface area (Å²) in [5, 5.41) is 15.0. The Labute approximate surface area is 114 Å². The van der Waals surface area contributed by atoms with E-state index in [0.717, 1.165) is 10.6 Å². The molecule has 2 N–H and O–H groups in total. The highest BCUT2D eigenvalue weighted by atomic mass is 32.1. The Morgan fingerprint density at radius 3 is 3.21 bits per heavy atom. The van der Waals surface area contributed by atoms with Gasteiger partial charge in [0.1, 0.15) is 0 Å². The van der Waals surface area contributed by atoms with Gasteiger partial charge in [-0.05, 0) is 0 Å². The summed E-state index contributed by atoms with van der Waals surface area (Å²) in [4.78, 5) is 18.5. The van der Waals surface area contributed by atoms with Crippen LogP contribution in [0.25, 0.3) is 0 Å². The standard InChI is InChI=1S/C11H13N5O2S/c1-13-10(17)15-11-14-7-2-6-3-18-4-8(9(7)19-11)16(6)5-12/h6,8H,2-4H2,1H3,(H2,13,14,15,17)/t6-,8-/m0/s1. The van der Waals surface area contributed by atoms with Gasteiger partial charge in [-0.1, -0.05) is 11.3 Å². The molecule has 2 atom stereocenters. The molecule has 1 aromatic rings. The smallest absolute Gasteiger partial charge is 0.320 e. The minimum absolute atomic E-state index is 0.0613. The maximum absolute atomic E-state index is 11.3. The molecule has 1 aromatic heterocycles. The predicted octanol–water partition coefficient (Wildman–Crippen LogP) is 0.673. The highest BCUT2D eigenvalue weighted by molar-refractivity contribution is 7.16. The fourth-order valence-corrected chi connectivity index (χ4v) is 3.52. The van der Waals surface area contributed by atoms with Gasteiger partial charge in [-0.2, -0.15) is 5.26 Å². The van der Waals surface area contributed by atoms with Crippen LogP contribution in [-0.4, -0.2) is 42.2 Å². The minimum Gasteiger partial charge on any atom is -0.377 e. The van der Waals surface area contributed by atoms with Crippen molar-refractivity contribution in [2.45, 2.75) is 18.5 Å². The van der Waals surface area contributed by atoms with Gasteiger partial charge in [-0.3, -0.25) is 10.2 Å². The van der Waals surface area contributed by atoms with E-state index in [4.69, 9.17) is 4.74 Å². The fraction of sp³-hybridized carbons (Fsp3) is 0.545. The van der Waals surface area contributed by atoms with E-state index in [1.54, 1.807) is 11.9 Å². The van der Waals surface area contributed by atoms with Crippen LogP contribution >= 0.6 is 11.3 Å². The first kappa shape index (κ1) is 12.2. The number of carbonyl (C=O) groups excluding carboxylic acids is 1. The molecule has 1 saturated heterocycles. The van der Waals surface area contributed by atoms with Gasteiger partial charge in [-0.25, -0.2) is 9.78 Å². The number of carbonyl (C=O) groups is 1. The molecular weight excluding hydrogens is 266 g/mol. The zero-order valence-electron chi connectivity index (χ0n) is 10.3. The van der Waals surface area contributed by atoms with E-state index in [-0.39, 0.29) is 18.1 Å². The first-order valence-corrected chi connectivity index (χ1v) is 6.78. The summed E-state index contributed by atoms with van der Waals surface area (Å²) in [6.45, 7) is 1.05. The van der Waals surface area contributed by atoms with E-state index >= 15 is 0 Å². The predicted molar refractivity (Wildman–Crippen MR) is 68.7 cm³/mol. The van der Waals surface area contributed by atoms with E-state index < -0.39 is 0 Å². The third-order valence-corrected chi connectivity index (χ3v) is 4.45. The van der Waals surface area contributed by atoms with Crippen molar-refractivity contribution in [3.05, 3.63) is 10.6 Å². The number of anilines is 1. The number of rotatable bonds is 1. The molecule has 19 heavy (non-hydrogen) atoms. The molecule has 7 nitrogen and oxygen atoms in total. The fourth-order valence-electron chi connectivity index (χ4n) is 2.45. The monoisotopic (exact) mass is 279 g/mol. The Hall–Kier alpha value is -1.85.